The number of nitrogens with one attached hydrogen (secondary N) is 1. The predicted octanol–water partition coefficient (Wildman–Crippen LogP) is 2.48. The number of hydrogen-bond acceptors (Lipinski definition) is 4. The molecule has 0 aromatic carbocycles. The molecule has 0 saturated carbocycles. The molecule has 0 fully saturated rings. The minimum absolute atomic E-state index is 0.834. The van der Waals surface area contributed by atoms with Crippen molar-refractivity contribution < 1.29 is 0 Å². The van der Waals surface area contributed by atoms with Crippen LogP contribution in [0.15, 0.2) is 17.6 Å². The summed E-state index contributed by atoms with van der Waals surface area (Å²) in [4.78, 5) is 8.61. The fourth-order valence-corrected chi connectivity index (χ4v) is 2.01. The number of aromatic nitrogens is 2. The highest BCUT2D eigenvalue weighted by atomic mass is 32.2. The molecule has 1 N–H and O–H groups in total. The standard InChI is InChI=1S/C11H19N3S/c1-3-4-5-6-15-11-13-8-10(7-12-2)9-14-11/h8-9,12H,3-7H2,1-2H3. The van der Waals surface area contributed by atoms with Gasteiger partial charge in [0, 0.05) is 30.3 Å². The van der Waals surface area contributed by atoms with Crippen molar-refractivity contribution in [3.05, 3.63) is 18.0 Å². The van der Waals surface area contributed by atoms with Crippen LogP contribution in [0.4, 0.5) is 0 Å². The lowest BCUT2D eigenvalue weighted by molar-refractivity contribution is 0.774. The summed E-state index contributed by atoms with van der Waals surface area (Å²) >= 11 is 1.74. The number of nitrogens with zero attached hydrogens (tertiary/aromatic N) is 2. The van der Waals surface area contributed by atoms with Crippen LogP contribution in [0.2, 0.25) is 0 Å². The minimum atomic E-state index is 0.834. The number of rotatable bonds is 7. The lowest BCUT2D eigenvalue weighted by atomic mass is 10.3. The molecule has 0 unspecified atom stereocenters. The Kier molecular flexibility index (Phi) is 6.36. The highest BCUT2D eigenvalue weighted by Gasteiger charge is 1.97. The maximum Gasteiger partial charge on any atom is 0.187 e. The van der Waals surface area contributed by atoms with Gasteiger partial charge in [0.2, 0.25) is 0 Å². The van der Waals surface area contributed by atoms with E-state index in [4.69, 9.17) is 0 Å². The SMILES string of the molecule is CCCCCSc1ncc(CNC)cn1. The summed E-state index contributed by atoms with van der Waals surface area (Å²) in [6.07, 6.45) is 7.60. The fourth-order valence-electron chi connectivity index (χ4n) is 1.23. The highest BCUT2D eigenvalue weighted by Crippen LogP contribution is 2.14. The lowest BCUT2D eigenvalue weighted by Crippen LogP contribution is -2.05. The normalized spacial score (nSPS) is 10.5. The second-order valence-electron chi connectivity index (χ2n) is 3.46. The Morgan fingerprint density at radius 1 is 1.27 bits per heavy atom. The monoisotopic (exact) mass is 225 g/mol. The Bertz CT molecular complexity index is 261. The molecule has 1 rings (SSSR count). The Balaban J connectivity index is 2.29. The Labute approximate surface area is 96.1 Å². The van der Waals surface area contributed by atoms with Crippen LogP contribution in [0.5, 0.6) is 0 Å². The lowest BCUT2D eigenvalue weighted by Gasteiger charge is -2.01. The van der Waals surface area contributed by atoms with Crippen LogP contribution in [0.1, 0.15) is 31.7 Å². The zero-order chi connectivity index (χ0) is 10.9. The van der Waals surface area contributed by atoms with Crippen LogP contribution in [0, 0.1) is 0 Å². The van der Waals surface area contributed by atoms with E-state index in [9.17, 15) is 0 Å². The Hall–Kier alpha value is -0.610. The summed E-state index contributed by atoms with van der Waals surface area (Å²) in [6, 6.07) is 0. The molecule has 4 heteroatoms. The van der Waals surface area contributed by atoms with Crippen molar-refractivity contribution in [2.24, 2.45) is 0 Å². The first-order chi connectivity index (χ1) is 7.36. The Morgan fingerprint density at radius 3 is 2.60 bits per heavy atom. The van der Waals surface area contributed by atoms with Crippen LogP contribution in [-0.4, -0.2) is 22.8 Å². The van der Waals surface area contributed by atoms with Crippen molar-refractivity contribution in [3.8, 4) is 0 Å². The van der Waals surface area contributed by atoms with Gasteiger partial charge in [0.05, 0.1) is 0 Å². The van der Waals surface area contributed by atoms with E-state index in [1.54, 1.807) is 11.8 Å². The van der Waals surface area contributed by atoms with Gasteiger partial charge in [0.25, 0.3) is 0 Å². The van der Waals surface area contributed by atoms with Crippen LogP contribution in [0.25, 0.3) is 0 Å². The summed E-state index contributed by atoms with van der Waals surface area (Å²) in [5.74, 6) is 1.12. The van der Waals surface area contributed by atoms with E-state index >= 15 is 0 Å². The molecule has 0 spiro atoms. The third kappa shape index (κ3) is 5.14. The van der Waals surface area contributed by atoms with E-state index in [2.05, 4.69) is 22.2 Å². The molecule has 15 heavy (non-hydrogen) atoms. The molecule has 0 aliphatic heterocycles. The molecular formula is C11H19N3S. The van der Waals surface area contributed by atoms with E-state index < -0.39 is 0 Å². The Morgan fingerprint density at radius 2 is 2.00 bits per heavy atom. The fraction of sp³-hybridized carbons (Fsp3) is 0.636. The zero-order valence-corrected chi connectivity index (χ0v) is 10.3. The smallest absolute Gasteiger partial charge is 0.187 e. The van der Waals surface area contributed by atoms with Gasteiger partial charge < -0.3 is 5.32 Å². The highest BCUT2D eigenvalue weighted by molar-refractivity contribution is 7.99. The molecule has 84 valence electrons. The zero-order valence-electron chi connectivity index (χ0n) is 9.49. The van der Waals surface area contributed by atoms with Crippen molar-refractivity contribution in [2.75, 3.05) is 12.8 Å². The van der Waals surface area contributed by atoms with Crippen molar-refractivity contribution >= 4 is 11.8 Å². The third-order valence-electron chi connectivity index (χ3n) is 2.04. The first kappa shape index (κ1) is 12.5. The maximum absolute atomic E-state index is 4.31. The molecule has 3 nitrogen and oxygen atoms in total. The van der Waals surface area contributed by atoms with Crippen molar-refractivity contribution in [2.45, 2.75) is 37.9 Å². The maximum atomic E-state index is 4.31. The largest absolute Gasteiger partial charge is 0.316 e. The molecular weight excluding hydrogens is 206 g/mol. The number of thioether (sulfide) groups is 1. The number of unbranched alkanes of at least 4 members (excludes halogenated alkanes) is 2. The summed E-state index contributed by atoms with van der Waals surface area (Å²) in [5, 5.41) is 3.97. The topological polar surface area (TPSA) is 37.8 Å². The van der Waals surface area contributed by atoms with Gasteiger partial charge in [0.1, 0.15) is 0 Å². The van der Waals surface area contributed by atoms with Gasteiger partial charge in [0.15, 0.2) is 5.16 Å². The molecule has 0 aliphatic carbocycles. The average Bonchev–Trinajstić information content (AvgIpc) is 2.27. The van der Waals surface area contributed by atoms with E-state index in [1.807, 2.05) is 19.4 Å². The molecule has 0 aliphatic rings. The first-order valence-corrected chi connectivity index (χ1v) is 6.43. The summed E-state index contributed by atoms with van der Waals surface area (Å²) < 4.78 is 0. The molecule has 1 heterocycles. The van der Waals surface area contributed by atoms with E-state index in [0.29, 0.717) is 0 Å². The second-order valence-corrected chi connectivity index (χ2v) is 4.52. The van der Waals surface area contributed by atoms with Crippen LogP contribution in [0.3, 0.4) is 0 Å². The summed E-state index contributed by atoms with van der Waals surface area (Å²) in [7, 11) is 1.92. The van der Waals surface area contributed by atoms with Crippen molar-refractivity contribution in [3.63, 3.8) is 0 Å². The van der Waals surface area contributed by atoms with Gasteiger partial charge in [-0.3, -0.25) is 0 Å². The third-order valence-corrected chi connectivity index (χ3v) is 3.00. The molecule has 0 bridgehead atoms. The van der Waals surface area contributed by atoms with Gasteiger partial charge in [-0.2, -0.15) is 0 Å². The van der Waals surface area contributed by atoms with Gasteiger partial charge in [-0.05, 0) is 13.5 Å². The first-order valence-electron chi connectivity index (χ1n) is 5.45. The molecule has 1 aromatic heterocycles. The molecule has 0 saturated heterocycles. The van der Waals surface area contributed by atoms with E-state index in [0.717, 1.165) is 23.0 Å². The average molecular weight is 225 g/mol. The van der Waals surface area contributed by atoms with Crippen molar-refractivity contribution in [1.29, 1.82) is 0 Å². The van der Waals surface area contributed by atoms with Crippen molar-refractivity contribution in [1.82, 2.24) is 15.3 Å². The minimum Gasteiger partial charge on any atom is -0.316 e. The molecule has 0 atom stereocenters. The van der Waals surface area contributed by atoms with E-state index in [1.165, 1.54) is 19.3 Å². The summed E-state index contributed by atoms with van der Waals surface area (Å²) in [5.41, 5.74) is 1.13. The molecule has 1 aromatic rings. The van der Waals surface area contributed by atoms with Gasteiger partial charge in [-0.1, -0.05) is 31.5 Å². The molecule has 0 amide bonds. The second kappa shape index (κ2) is 7.65. The van der Waals surface area contributed by atoms with Gasteiger partial charge in [-0.15, -0.1) is 0 Å². The summed E-state index contributed by atoms with van der Waals surface area (Å²) in [6.45, 7) is 3.05. The van der Waals surface area contributed by atoms with Gasteiger partial charge >= 0.3 is 0 Å². The van der Waals surface area contributed by atoms with Crippen LogP contribution in [-0.2, 0) is 6.54 Å². The van der Waals surface area contributed by atoms with Crippen LogP contribution < -0.4 is 5.32 Å². The van der Waals surface area contributed by atoms with Crippen LogP contribution >= 0.6 is 11.8 Å². The van der Waals surface area contributed by atoms with E-state index in [-0.39, 0.29) is 0 Å². The predicted molar refractivity (Wildman–Crippen MR) is 65.0 cm³/mol. The quantitative estimate of drug-likeness (QED) is 0.439. The molecule has 0 radical (unpaired) electrons. The number of hydrogen-bond donors (Lipinski definition) is 1. The van der Waals surface area contributed by atoms with Gasteiger partial charge in [-0.25, -0.2) is 9.97 Å².